The number of anilines is 2. The van der Waals surface area contributed by atoms with Crippen LogP contribution in [-0.2, 0) is 0 Å². The van der Waals surface area contributed by atoms with Crippen LogP contribution in [0.5, 0.6) is 0 Å². The second-order valence-corrected chi connectivity index (χ2v) is 8.93. The molecular weight excluding hydrogens is 429 g/mol. The van der Waals surface area contributed by atoms with E-state index >= 15 is 0 Å². The molecule has 32 heavy (non-hydrogen) atoms. The average Bonchev–Trinajstić information content (AvgIpc) is 3.28. The van der Waals surface area contributed by atoms with Crippen molar-refractivity contribution in [3.05, 3.63) is 69.4 Å². The third-order valence-corrected chi connectivity index (χ3v) is 6.64. The summed E-state index contributed by atoms with van der Waals surface area (Å²) in [6.07, 6.45) is 1.73. The Kier molecular flexibility index (Phi) is 6.45. The number of halogens is 1. The Labute approximate surface area is 189 Å². The molecule has 1 aromatic heterocycles. The Morgan fingerprint density at radius 1 is 1.03 bits per heavy atom. The number of amides is 3. The fourth-order valence-electron chi connectivity index (χ4n) is 3.59. The highest BCUT2D eigenvalue weighted by atomic mass is 32.1. The van der Waals surface area contributed by atoms with Crippen molar-refractivity contribution in [2.75, 3.05) is 23.7 Å². The lowest BCUT2D eigenvalue weighted by Gasteiger charge is -2.31. The summed E-state index contributed by atoms with van der Waals surface area (Å²) in [6.45, 7) is 5.24. The minimum absolute atomic E-state index is 0.0270. The van der Waals surface area contributed by atoms with E-state index in [0.717, 1.165) is 29.1 Å². The van der Waals surface area contributed by atoms with Crippen molar-refractivity contribution in [2.24, 2.45) is 0 Å². The SMILES string of the molecule is Cc1ccc(NC(=O)N2CCCC(c3nnc(C(=O)Nc4ccc(F)cc4)s3)C2)cc1C. The van der Waals surface area contributed by atoms with Crippen LogP contribution in [0.4, 0.5) is 20.6 Å². The minimum Gasteiger partial charge on any atom is -0.324 e. The van der Waals surface area contributed by atoms with Gasteiger partial charge in [-0.2, -0.15) is 0 Å². The molecule has 0 radical (unpaired) electrons. The van der Waals surface area contributed by atoms with Gasteiger partial charge in [0.15, 0.2) is 0 Å². The first-order valence-electron chi connectivity index (χ1n) is 10.4. The summed E-state index contributed by atoms with van der Waals surface area (Å²) in [5.74, 6) is -0.732. The second kappa shape index (κ2) is 9.44. The van der Waals surface area contributed by atoms with Crippen LogP contribution in [0.2, 0.25) is 0 Å². The molecule has 1 fully saturated rings. The van der Waals surface area contributed by atoms with Crippen molar-refractivity contribution < 1.29 is 14.0 Å². The van der Waals surface area contributed by atoms with E-state index in [-0.39, 0.29) is 28.7 Å². The molecule has 2 aromatic carbocycles. The van der Waals surface area contributed by atoms with Crippen molar-refractivity contribution in [3.63, 3.8) is 0 Å². The standard InChI is InChI=1S/C23H24FN5O2S/c1-14-5-8-19(12-15(14)2)26-23(31)29-11-3-4-16(13-29)21-27-28-22(32-21)20(30)25-18-9-6-17(24)7-10-18/h5-10,12,16H,3-4,11,13H2,1-2H3,(H,25,30)(H,26,31). The summed E-state index contributed by atoms with van der Waals surface area (Å²) in [4.78, 5) is 27.0. The van der Waals surface area contributed by atoms with Gasteiger partial charge in [-0.15, -0.1) is 10.2 Å². The summed E-state index contributed by atoms with van der Waals surface area (Å²) < 4.78 is 13.0. The number of carbonyl (C=O) groups excluding carboxylic acids is 2. The number of piperidine rings is 1. The molecule has 2 N–H and O–H groups in total. The van der Waals surface area contributed by atoms with Gasteiger partial charge in [-0.1, -0.05) is 17.4 Å². The van der Waals surface area contributed by atoms with Crippen LogP contribution in [-0.4, -0.2) is 40.1 Å². The van der Waals surface area contributed by atoms with Gasteiger partial charge in [-0.05, 0) is 74.2 Å². The van der Waals surface area contributed by atoms with Crippen LogP contribution < -0.4 is 10.6 Å². The van der Waals surface area contributed by atoms with Crippen LogP contribution in [0.1, 0.15) is 44.7 Å². The third-order valence-electron chi connectivity index (χ3n) is 5.55. The van der Waals surface area contributed by atoms with Gasteiger partial charge in [-0.25, -0.2) is 9.18 Å². The zero-order chi connectivity index (χ0) is 22.7. The molecule has 3 amide bonds. The highest BCUT2D eigenvalue weighted by molar-refractivity contribution is 7.13. The number of benzene rings is 2. The van der Waals surface area contributed by atoms with E-state index < -0.39 is 0 Å². The van der Waals surface area contributed by atoms with Crippen molar-refractivity contribution in [1.82, 2.24) is 15.1 Å². The molecule has 1 atom stereocenters. The zero-order valence-electron chi connectivity index (χ0n) is 17.9. The predicted molar refractivity (Wildman–Crippen MR) is 123 cm³/mol. The summed E-state index contributed by atoms with van der Waals surface area (Å²) >= 11 is 1.22. The molecule has 9 heteroatoms. The molecule has 1 unspecified atom stereocenters. The maximum Gasteiger partial charge on any atom is 0.321 e. The highest BCUT2D eigenvalue weighted by Gasteiger charge is 2.28. The summed E-state index contributed by atoms with van der Waals surface area (Å²) in [7, 11) is 0. The molecule has 1 aliphatic rings. The van der Waals surface area contributed by atoms with Gasteiger partial charge >= 0.3 is 6.03 Å². The topological polar surface area (TPSA) is 87.2 Å². The number of hydrogen-bond donors (Lipinski definition) is 2. The normalized spacial score (nSPS) is 16.0. The molecule has 0 bridgehead atoms. The maximum absolute atomic E-state index is 13.0. The first kappa shape index (κ1) is 21.9. The van der Waals surface area contributed by atoms with E-state index in [1.807, 2.05) is 32.0 Å². The average molecular weight is 454 g/mol. The van der Waals surface area contributed by atoms with Crippen LogP contribution in [0, 0.1) is 19.7 Å². The molecule has 1 aliphatic heterocycles. The van der Waals surface area contributed by atoms with E-state index in [9.17, 15) is 14.0 Å². The molecule has 166 valence electrons. The van der Waals surface area contributed by atoms with E-state index in [1.165, 1.54) is 41.2 Å². The molecule has 1 saturated heterocycles. The van der Waals surface area contributed by atoms with Crippen molar-refractivity contribution in [3.8, 4) is 0 Å². The van der Waals surface area contributed by atoms with E-state index in [2.05, 4.69) is 20.8 Å². The zero-order valence-corrected chi connectivity index (χ0v) is 18.7. The van der Waals surface area contributed by atoms with E-state index in [4.69, 9.17) is 0 Å². The van der Waals surface area contributed by atoms with Gasteiger partial charge in [0.1, 0.15) is 10.8 Å². The maximum atomic E-state index is 13.0. The predicted octanol–water partition coefficient (Wildman–Crippen LogP) is 4.96. The number of rotatable bonds is 4. The van der Waals surface area contributed by atoms with Gasteiger partial charge in [0.05, 0.1) is 0 Å². The number of nitrogens with one attached hydrogen (secondary N) is 2. The summed E-state index contributed by atoms with van der Waals surface area (Å²) in [5.41, 5.74) is 3.56. The van der Waals surface area contributed by atoms with Crippen LogP contribution >= 0.6 is 11.3 Å². The summed E-state index contributed by atoms with van der Waals surface area (Å²) in [6, 6.07) is 11.2. The van der Waals surface area contributed by atoms with Gasteiger partial charge < -0.3 is 15.5 Å². The first-order valence-corrected chi connectivity index (χ1v) is 11.2. The van der Waals surface area contributed by atoms with Gasteiger partial charge in [-0.3, -0.25) is 4.79 Å². The molecule has 0 saturated carbocycles. The monoisotopic (exact) mass is 453 g/mol. The lowest BCUT2D eigenvalue weighted by molar-refractivity contribution is 0.102. The number of carbonyl (C=O) groups is 2. The van der Waals surface area contributed by atoms with Crippen molar-refractivity contribution in [2.45, 2.75) is 32.6 Å². The smallest absolute Gasteiger partial charge is 0.321 e. The fourth-order valence-corrected chi connectivity index (χ4v) is 4.46. The minimum atomic E-state index is -0.388. The number of likely N-dealkylation sites (tertiary alicyclic amines) is 1. The first-order chi connectivity index (χ1) is 15.4. The number of urea groups is 1. The highest BCUT2D eigenvalue weighted by Crippen LogP contribution is 2.30. The second-order valence-electron chi connectivity index (χ2n) is 7.92. The largest absolute Gasteiger partial charge is 0.324 e. The van der Waals surface area contributed by atoms with Gasteiger partial charge in [0, 0.05) is 30.4 Å². The van der Waals surface area contributed by atoms with Crippen molar-refractivity contribution >= 4 is 34.6 Å². The Morgan fingerprint density at radius 3 is 2.53 bits per heavy atom. The van der Waals surface area contributed by atoms with E-state index in [0.29, 0.717) is 18.8 Å². The Hall–Kier alpha value is -3.33. The molecule has 4 rings (SSSR count). The molecule has 0 aliphatic carbocycles. The summed E-state index contributed by atoms with van der Waals surface area (Å²) in [5, 5.41) is 14.9. The lowest BCUT2D eigenvalue weighted by Crippen LogP contribution is -2.41. The molecule has 3 aromatic rings. The number of hydrogen-bond acceptors (Lipinski definition) is 5. The Balaban J connectivity index is 1.38. The van der Waals surface area contributed by atoms with Gasteiger partial charge in [0.25, 0.3) is 5.91 Å². The van der Waals surface area contributed by atoms with Gasteiger partial charge in [0.2, 0.25) is 5.01 Å². The van der Waals surface area contributed by atoms with E-state index in [1.54, 1.807) is 4.90 Å². The third kappa shape index (κ3) is 5.11. The number of nitrogens with zero attached hydrogens (tertiary/aromatic N) is 3. The molecule has 7 nitrogen and oxygen atoms in total. The Bertz CT molecular complexity index is 1130. The lowest BCUT2D eigenvalue weighted by atomic mass is 9.99. The molecular formula is C23H24FN5O2S. The molecule has 0 spiro atoms. The van der Waals surface area contributed by atoms with Crippen LogP contribution in [0.25, 0.3) is 0 Å². The number of aromatic nitrogens is 2. The quantitative estimate of drug-likeness (QED) is 0.585. The van der Waals surface area contributed by atoms with Crippen LogP contribution in [0.3, 0.4) is 0 Å². The molecule has 2 heterocycles. The van der Waals surface area contributed by atoms with Crippen molar-refractivity contribution in [1.29, 1.82) is 0 Å². The Morgan fingerprint density at radius 2 is 1.78 bits per heavy atom. The number of aryl methyl sites for hydroxylation is 2. The van der Waals surface area contributed by atoms with Crippen LogP contribution in [0.15, 0.2) is 42.5 Å². The fraction of sp³-hybridized carbons (Fsp3) is 0.304.